The number of rotatable bonds is 4. The van der Waals surface area contributed by atoms with Gasteiger partial charge >= 0.3 is 0 Å². The van der Waals surface area contributed by atoms with Gasteiger partial charge in [-0.25, -0.2) is 4.39 Å². The van der Waals surface area contributed by atoms with Crippen molar-refractivity contribution < 1.29 is 9.50 Å². The lowest BCUT2D eigenvalue weighted by atomic mass is 9.95. The van der Waals surface area contributed by atoms with Crippen LogP contribution >= 0.6 is 0 Å². The maximum atomic E-state index is 14.1. The number of nitrogens with zero attached hydrogens (tertiary/aromatic N) is 2. The Labute approximate surface area is 137 Å². The molecule has 0 atom stereocenters. The number of aliphatic imine (C=N–C) groups is 1. The topological polar surface area (TPSA) is 47.9 Å². The van der Waals surface area contributed by atoms with Gasteiger partial charge in [-0.15, -0.1) is 0 Å². The van der Waals surface area contributed by atoms with Crippen molar-refractivity contribution in [3.8, 4) is 0 Å². The second-order valence-electron chi connectivity index (χ2n) is 6.65. The third-order valence-electron chi connectivity index (χ3n) is 4.93. The number of likely N-dealkylation sites (tertiary alicyclic amines) is 1. The zero-order chi connectivity index (χ0) is 16.3. The van der Waals surface area contributed by atoms with Crippen molar-refractivity contribution in [3.63, 3.8) is 0 Å². The third-order valence-corrected chi connectivity index (χ3v) is 4.93. The van der Waals surface area contributed by atoms with E-state index >= 15 is 0 Å². The average molecular weight is 319 g/mol. The first-order valence-corrected chi connectivity index (χ1v) is 8.61. The lowest BCUT2D eigenvalue weighted by Gasteiger charge is -2.32. The Morgan fingerprint density at radius 3 is 2.65 bits per heavy atom. The first-order valence-electron chi connectivity index (χ1n) is 8.61. The smallest absolute Gasteiger partial charge is 0.193 e. The standard InChI is InChI=1S/C18H26FN3O/c1-2-20-17(22-11-7-14(23)8-12-22)21-13-18(9-10-18)15-5-3-4-6-16(15)19/h3-6,14,23H,2,7-13H2,1H3,(H,20,21). The maximum Gasteiger partial charge on any atom is 0.193 e. The number of nitrogens with one attached hydrogen (secondary N) is 1. The molecule has 5 heteroatoms. The van der Waals surface area contributed by atoms with Crippen molar-refractivity contribution in [1.29, 1.82) is 0 Å². The normalized spacial score (nSPS) is 21.3. The highest BCUT2D eigenvalue weighted by atomic mass is 19.1. The van der Waals surface area contributed by atoms with E-state index in [1.165, 1.54) is 6.07 Å². The van der Waals surface area contributed by atoms with Gasteiger partial charge < -0.3 is 15.3 Å². The summed E-state index contributed by atoms with van der Waals surface area (Å²) >= 11 is 0. The molecule has 1 saturated carbocycles. The molecule has 2 aliphatic rings. The lowest BCUT2D eigenvalue weighted by molar-refractivity contribution is 0.108. The number of benzene rings is 1. The number of hydrogen-bond donors (Lipinski definition) is 2. The van der Waals surface area contributed by atoms with E-state index in [0.29, 0.717) is 6.54 Å². The second kappa shape index (κ2) is 6.87. The zero-order valence-electron chi connectivity index (χ0n) is 13.8. The van der Waals surface area contributed by atoms with E-state index < -0.39 is 0 Å². The fourth-order valence-corrected chi connectivity index (χ4v) is 3.28. The van der Waals surface area contributed by atoms with Crippen LogP contribution in [0.3, 0.4) is 0 Å². The molecule has 0 amide bonds. The molecule has 1 saturated heterocycles. The number of halogens is 1. The number of guanidine groups is 1. The van der Waals surface area contributed by atoms with Gasteiger partial charge in [0.05, 0.1) is 12.6 Å². The van der Waals surface area contributed by atoms with E-state index in [1.807, 2.05) is 12.1 Å². The number of piperidine rings is 1. The van der Waals surface area contributed by atoms with Gasteiger partial charge in [0.15, 0.2) is 5.96 Å². The van der Waals surface area contributed by atoms with Crippen LogP contribution in [0.4, 0.5) is 4.39 Å². The summed E-state index contributed by atoms with van der Waals surface area (Å²) in [4.78, 5) is 7.00. The van der Waals surface area contributed by atoms with E-state index in [-0.39, 0.29) is 17.3 Å². The summed E-state index contributed by atoms with van der Waals surface area (Å²) in [6.07, 6.45) is 3.36. The molecule has 1 aromatic rings. The van der Waals surface area contributed by atoms with E-state index in [4.69, 9.17) is 4.99 Å². The molecular formula is C18H26FN3O. The Hall–Kier alpha value is -1.62. The SMILES string of the molecule is CCNC(=NCC1(c2ccccc2F)CC1)N1CCC(O)CC1. The van der Waals surface area contributed by atoms with Crippen molar-refractivity contribution in [3.05, 3.63) is 35.6 Å². The highest BCUT2D eigenvalue weighted by Gasteiger charge is 2.45. The largest absolute Gasteiger partial charge is 0.393 e. The number of aliphatic hydroxyl groups is 1. The van der Waals surface area contributed by atoms with Crippen molar-refractivity contribution in [1.82, 2.24) is 10.2 Å². The summed E-state index contributed by atoms with van der Waals surface area (Å²) in [6, 6.07) is 7.07. The van der Waals surface area contributed by atoms with Gasteiger partial charge in [-0.3, -0.25) is 4.99 Å². The van der Waals surface area contributed by atoms with Crippen LogP contribution in [-0.2, 0) is 5.41 Å². The third kappa shape index (κ3) is 3.66. The van der Waals surface area contributed by atoms with Gasteiger partial charge in [0.25, 0.3) is 0 Å². The van der Waals surface area contributed by atoms with Gasteiger partial charge in [-0.05, 0) is 44.2 Å². The molecule has 1 aliphatic carbocycles. The van der Waals surface area contributed by atoms with Crippen LogP contribution in [-0.4, -0.2) is 48.2 Å². The molecule has 0 aromatic heterocycles. The molecule has 0 spiro atoms. The molecule has 1 aliphatic heterocycles. The molecule has 2 N–H and O–H groups in total. The van der Waals surface area contributed by atoms with Gasteiger partial charge in [-0.1, -0.05) is 18.2 Å². The highest BCUT2D eigenvalue weighted by Crippen LogP contribution is 2.49. The first kappa shape index (κ1) is 16.2. The maximum absolute atomic E-state index is 14.1. The summed E-state index contributed by atoms with van der Waals surface area (Å²) in [5.41, 5.74) is 0.676. The van der Waals surface area contributed by atoms with Crippen LogP contribution in [0.25, 0.3) is 0 Å². The zero-order valence-corrected chi connectivity index (χ0v) is 13.8. The van der Waals surface area contributed by atoms with E-state index in [9.17, 15) is 9.50 Å². The number of aliphatic hydroxyl groups excluding tert-OH is 1. The molecule has 23 heavy (non-hydrogen) atoms. The van der Waals surface area contributed by atoms with Gasteiger partial charge in [0.1, 0.15) is 5.82 Å². The van der Waals surface area contributed by atoms with Crippen LogP contribution in [0.1, 0.15) is 38.2 Å². The van der Waals surface area contributed by atoms with Gasteiger partial charge in [0.2, 0.25) is 0 Å². The Bertz CT molecular complexity index is 563. The summed E-state index contributed by atoms with van der Waals surface area (Å²) in [5.74, 6) is 0.772. The Morgan fingerprint density at radius 2 is 2.04 bits per heavy atom. The molecule has 0 radical (unpaired) electrons. The van der Waals surface area contributed by atoms with Crippen LogP contribution in [0.15, 0.2) is 29.3 Å². The summed E-state index contributed by atoms with van der Waals surface area (Å²) in [6.45, 7) is 5.12. The summed E-state index contributed by atoms with van der Waals surface area (Å²) < 4.78 is 14.1. The molecular weight excluding hydrogens is 293 g/mol. The van der Waals surface area contributed by atoms with Crippen molar-refractivity contribution in [2.24, 2.45) is 4.99 Å². The molecule has 1 heterocycles. The lowest BCUT2D eigenvalue weighted by Crippen LogP contribution is -2.46. The molecule has 3 rings (SSSR count). The molecule has 0 bridgehead atoms. The molecule has 2 fully saturated rings. The van der Waals surface area contributed by atoms with Crippen molar-refractivity contribution in [2.75, 3.05) is 26.2 Å². The van der Waals surface area contributed by atoms with E-state index in [1.54, 1.807) is 6.07 Å². The minimum absolute atomic E-state index is 0.119. The molecule has 4 nitrogen and oxygen atoms in total. The highest BCUT2D eigenvalue weighted by molar-refractivity contribution is 5.80. The van der Waals surface area contributed by atoms with E-state index in [0.717, 1.165) is 56.8 Å². The van der Waals surface area contributed by atoms with E-state index in [2.05, 4.69) is 17.1 Å². The monoisotopic (exact) mass is 319 g/mol. The molecule has 0 unspecified atom stereocenters. The quantitative estimate of drug-likeness (QED) is 0.661. The van der Waals surface area contributed by atoms with Crippen LogP contribution in [0, 0.1) is 5.82 Å². The summed E-state index contributed by atoms with van der Waals surface area (Å²) in [5, 5.41) is 13.0. The fraction of sp³-hybridized carbons (Fsp3) is 0.611. The van der Waals surface area contributed by atoms with Crippen LogP contribution < -0.4 is 5.32 Å². The molecule has 1 aromatic carbocycles. The number of hydrogen-bond acceptors (Lipinski definition) is 2. The predicted octanol–water partition coefficient (Wildman–Crippen LogP) is 2.28. The Balaban J connectivity index is 1.72. The van der Waals surface area contributed by atoms with Crippen molar-refractivity contribution >= 4 is 5.96 Å². The average Bonchev–Trinajstić information content (AvgIpc) is 3.34. The summed E-state index contributed by atoms with van der Waals surface area (Å²) in [7, 11) is 0. The van der Waals surface area contributed by atoms with Crippen LogP contribution in [0.5, 0.6) is 0 Å². The van der Waals surface area contributed by atoms with Gasteiger partial charge in [0, 0.05) is 25.0 Å². The van der Waals surface area contributed by atoms with Crippen molar-refractivity contribution in [2.45, 2.75) is 44.1 Å². The second-order valence-corrected chi connectivity index (χ2v) is 6.65. The minimum Gasteiger partial charge on any atom is -0.393 e. The predicted molar refractivity (Wildman–Crippen MR) is 90.1 cm³/mol. The molecule has 126 valence electrons. The minimum atomic E-state index is -0.192. The van der Waals surface area contributed by atoms with Crippen LogP contribution in [0.2, 0.25) is 0 Å². The first-order chi connectivity index (χ1) is 11.1. The Morgan fingerprint density at radius 1 is 1.35 bits per heavy atom. The van der Waals surface area contributed by atoms with Gasteiger partial charge in [-0.2, -0.15) is 0 Å². The fourth-order valence-electron chi connectivity index (χ4n) is 3.28. The Kier molecular flexibility index (Phi) is 4.85.